The number of phenolic OH excluding ortho intramolecular Hbond substituents is 2. The maximum atomic E-state index is 12.5. The van der Waals surface area contributed by atoms with Crippen molar-refractivity contribution in [3.63, 3.8) is 0 Å². The number of allylic oxidation sites excluding steroid dienone is 1. The third-order valence-corrected chi connectivity index (χ3v) is 4.68. The fraction of sp³-hybridized carbons (Fsp3) is 0.389. The van der Waals surface area contributed by atoms with Crippen LogP contribution in [0.3, 0.4) is 0 Å². The molecule has 26 heavy (non-hydrogen) atoms. The van der Waals surface area contributed by atoms with E-state index in [9.17, 15) is 25.2 Å². The third kappa shape index (κ3) is 3.95. The molecule has 4 unspecified atom stereocenters. The molecule has 0 aromatic heterocycles. The molecule has 1 saturated heterocycles. The Morgan fingerprint density at radius 2 is 1.85 bits per heavy atom. The lowest BCUT2D eigenvalue weighted by atomic mass is 10.0. The van der Waals surface area contributed by atoms with Gasteiger partial charge in [0.25, 0.3) is 0 Å². The Balaban J connectivity index is 2.06. The predicted molar refractivity (Wildman–Crippen MR) is 93.3 cm³/mol. The largest absolute Gasteiger partial charge is 0.508 e. The number of aromatic hydroxyl groups is 2. The highest BCUT2D eigenvalue weighted by Gasteiger charge is 2.41. The summed E-state index contributed by atoms with van der Waals surface area (Å²) in [6.45, 7) is 1.69. The molecule has 7 nitrogen and oxygen atoms in total. The van der Waals surface area contributed by atoms with E-state index >= 15 is 0 Å². The fourth-order valence-corrected chi connectivity index (χ4v) is 3.14. The van der Waals surface area contributed by atoms with Crippen LogP contribution in [-0.2, 0) is 9.47 Å². The zero-order chi connectivity index (χ0) is 19.0. The molecule has 0 amide bonds. The van der Waals surface area contributed by atoms with Gasteiger partial charge in [-0.25, -0.2) is 4.79 Å². The molecule has 1 fully saturated rings. The van der Waals surface area contributed by atoms with Gasteiger partial charge in [-0.15, -0.1) is 0 Å². The summed E-state index contributed by atoms with van der Waals surface area (Å²) in [5, 5.41) is 39.7. The lowest BCUT2D eigenvalue weighted by Crippen LogP contribution is -2.19. The molecule has 0 bridgehead atoms. The van der Waals surface area contributed by atoms with Crippen molar-refractivity contribution < 1.29 is 34.7 Å². The van der Waals surface area contributed by atoms with Crippen molar-refractivity contribution in [1.29, 1.82) is 0 Å². The minimum atomic E-state index is -0.839. The zero-order valence-corrected chi connectivity index (χ0v) is 14.7. The van der Waals surface area contributed by atoms with E-state index in [1.54, 1.807) is 6.92 Å². The van der Waals surface area contributed by atoms with Crippen LogP contribution in [-0.4, -0.2) is 50.8 Å². The molecule has 0 aliphatic carbocycles. The minimum absolute atomic E-state index is 0.0874. The first-order chi connectivity index (χ1) is 12.3. The van der Waals surface area contributed by atoms with Crippen molar-refractivity contribution >= 4 is 23.6 Å². The van der Waals surface area contributed by atoms with E-state index in [-0.39, 0.29) is 34.1 Å². The molecule has 140 valence electrons. The number of aliphatic hydroxyl groups is 2. The van der Waals surface area contributed by atoms with E-state index in [1.165, 1.54) is 12.2 Å². The maximum Gasteiger partial charge on any atom is 0.342 e. The van der Waals surface area contributed by atoms with Crippen LogP contribution in [0.1, 0.15) is 35.7 Å². The summed E-state index contributed by atoms with van der Waals surface area (Å²) >= 11 is 6.04. The van der Waals surface area contributed by atoms with E-state index in [0.717, 1.165) is 12.1 Å². The molecular formula is C18H19ClO7. The number of phenols is 2. The van der Waals surface area contributed by atoms with Gasteiger partial charge in [0.05, 0.1) is 23.3 Å². The highest BCUT2D eigenvalue weighted by Crippen LogP contribution is 2.38. The van der Waals surface area contributed by atoms with Crippen LogP contribution in [0.2, 0.25) is 5.02 Å². The van der Waals surface area contributed by atoms with Gasteiger partial charge in [-0.3, -0.25) is 0 Å². The Morgan fingerprint density at radius 3 is 2.58 bits per heavy atom. The summed E-state index contributed by atoms with van der Waals surface area (Å²) in [7, 11) is 0. The zero-order valence-electron chi connectivity index (χ0n) is 13.9. The summed E-state index contributed by atoms with van der Waals surface area (Å²) in [5.41, 5.74) is -0.360. The van der Waals surface area contributed by atoms with Crippen LogP contribution in [0.4, 0.5) is 0 Å². The van der Waals surface area contributed by atoms with Crippen molar-refractivity contribution in [3.8, 4) is 11.5 Å². The number of esters is 1. The van der Waals surface area contributed by atoms with Crippen molar-refractivity contribution in [2.24, 2.45) is 0 Å². The van der Waals surface area contributed by atoms with Crippen molar-refractivity contribution in [1.82, 2.24) is 0 Å². The Morgan fingerprint density at radius 1 is 1.15 bits per heavy atom. The van der Waals surface area contributed by atoms with Gasteiger partial charge in [-0.1, -0.05) is 17.7 Å². The normalized spacial score (nSPS) is 29.0. The summed E-state index contributed by atoms with van der Waals surface area (Å²) in [4.78, 5) is 12.5. The number of halogens is 1. The first-order valence-electron chi connectivity index (χ1n) is 8.14. The lowest BCUT2D eigenvalue weighted by molar-refractivity contribution is 0.0306. The van der Waals surface area contributed by atoms with E-state index in [1.807, 2.05) is 0 Å². The average molecular weight is 383 g/mol. The number of fused-ring (bicyclic) bond motifs is 2. The molecule has 8 heteroatoms. The molecular weight excluding hydrogens is 364 g/mol. The number of aliphatic hydroxyl groups excluding tert-OH is 2. The Hall–Kier alpha value is -2.22. The number of benzene rings is 1. The first-order valence-corrected chi connectivity index (χ1v) is 8.52. The number of cyclic esters (lactones) is 1. The van der Waals surface area contributed by atoms with Gasteiger partial charge in [-0.05, 0) is 19.1 Å². The molecule has 2 aliphatic heterocycles. The number of epoxide rings is 1. The SMILES string of the molecule is CC1CC2OC2CC(O)C=CC(O)=Cc2c(Cl)c(O)cc(O)c2C(=O)O1. The summed E-state index contributed by atoms with van der Waals surface area (Å²) in [6, 6.07) is 0.931. The van der Waals surface area contributed by atoms with E-state index in [0.29, 0.717) is 12.8 Å². The lowest BCUT2D eigenvalue weighted by Gasteiger charge is -2.16. The van der Waals surface area contributed by atoms with Gasteiger partial charge in [0.15, 0.2) is 0 Å². The molecule has 0 saturated carbocycles. The van der Waals surface area contributed by atoms with Gasteiger partial charge in [0.1, 0.15) is 28.9 Å². The van der Waals surface area contributed by atoms with Crippen LogP contribution >= 0.6 is 11.6 Å². The van der Waals surface area contributed by atoms with Crippen molar-refractivity contribution in [2.45, 2.75) is 44.2 Å². The quantitative estimate of drug-likeness (QED) is 0.402. The van der Waals surface area contributed by atoms with Gasteiger partial charge < -0.3 is 29.9 Å². The molecule has 1 aromatic rings. The van der Waals surface area contributed by atoms with Gasteiger partial charge in [0, 0.05) is 24.5 Å². The van der Waals surface area contributed by atoms with E-state index in [4.69, 9.17) is 21.1 Å². The monoisotopic (exact) mass is 382 g/mol. The van der Waals surface area contributed by atoms with E-state index in [2.05, 4.69) is 0 Å². The molecule has 2 heterocycles. The van der Waals surface area contributed by atoms with Crippen molar-refractivity contribution in [3.05, 3.63) is 40.1 Å². The summed E-state index contributed by atoms with van der Waals surface area (Å²) in [6.07, 6.45) is 2.91. The standard InChI is InChI=1S/C18H19ClO7/c1-8-4-14-15(26-14)6-10(21)3-2-9(20)5-11-16(18(24)25-8)12(22)7-13(23)17(11)19/h2-3,5,7-8,10,14-15,20-23H,4,6H2,1H3. The van der Waals surface area contributed by atoms with Crippen LogP contribution in [0.5, 0.6) is 11.5 Å². The highest BCUT2D eigenvalue weighted by atomic mass is 35.5. The van der Waals surface area contributed by atoms with Gasteiger partial charge >= 0.3 is 5.97 Å². The second-order valence-electron chi connectivity index (χ2n) is 6.41. The smallest absolute Gasteiger partial charge is 0.342 e. The fourth-order valence-electron chi connectivity index (χ4n) is 2.93. The topological polar surface area (TPSA) is 120 Å². The Bertz CT molecular complexity index is 786. The number of hydrogen-bond acceptors (Lipinski definition) is 7. The second kappa shape index (κ2) is 7.19. The first kappa shape index (κ1) is 18.6. The number of ether oxygens (including phenoxy) is 2. The minimum Gasteiger partial charge on any atom is -0.508 e. The number of rotatable bonds is 0. The number of hydrogen-bond donors (Lipinski definition) is 4. The Kier molecular flexibility index (Phi) is 5.13. The maximum absolute atomic E-state index is 12.5. The molecule has 1 aromatic carbocycles. The average Bonchev–Trinajstić information content (AvgIpc) is 3.26. The van der Waals surface area contributed by atoms with Crippen LogP contribution < -0.4 is 0 Å². The third-order valence-electron chi connectivity index (χ3n) is 4.28. The molecule has 0 radical (unpaired) electrons. The number of carbonyl (C=O) groups excluding carboxylic acids is 1. The molecule has 3 rings (SSSR count). The van der Waals surface area contributed by atoms with Gasteiger partial charge in [0.2, 0.25) is 0 Å². The van der Waals surface area contributed by atoms with E-state index < -0.39 is 29.7 Å². The van der Waals surface area contributed by atoms with Crippen molar-refractivity contribution in [2.75, 3.05) is 0 Å². The Labute approximate surface area is 154 Å². The molecule has 4 atom stereocenters. The van der Waals surface area contributed by atoms with Crippen LogP contribution in [0.15, 0.2) is 24.0 Å². The van der Waals surface area contributed by atoms with Crippen LogP contribution in [0.25, 0.3) is 6.08 Å². The van der Waals surface area contributed by atoms with Gasteiger partial charge in [-0.2, -0.15) is 0 Å². The second-order valence-corrected chi connectivity index (χ2v) is 6.79. The number of carbonyl (C=O) groups is 1. The molecule has 0 spiro atoms. The molecule has 4 N–H and O–H groups in total. The highest BCUT2D eigenvalue weighted by molar-refractivity contribution is 6.34. The molecule has 2 aliphatic rings. The predicted octanol–water partition coefficient (Wildman–Crippen LogP) is 2.67. The van der Waals surface area contributed by atoms with Crippen LogP contribution in [0, 0.1) is 0 Å². The summed E-state index contributed by atoms with van der Waals surface area (Å²) < 4.78 is 10.8. The summed E-state index contributed by atoms with van der Waals surface area (Å²) in [5.74, 6) is -2.15.